The molecule has 0 aliphatic carbocycles. The van der Waals surface area contributed by atoms with Gasteiger partial charge in [0.2, 0.25) is 0 Å². The number of rotatable bonds is 7. The SMILES string of the molecule is Cc1ccc(NC(=O)c2ccnc(C(=O)NCCCc3ccccc3)c2)cc1. The van der Waals surface area contributed by atoms with Gasteiger partial charge in [0.15, 0.2) is 0 Å². The van der Waals surface area contributed by atoms with Crippen LogP contribution >= 0.6 is 0 Å². The van der Waals surface area contributed by atoms with Crippen molar-refractivity contribution in [1.29, 1.82) is 0 Å². The molecule has 0 atom stereocenters. The van der Waals surface area contributed by atoms with Crippen molar-refractivity contribution in [3.8, 4) is 0 Å². The van der Waals surface area contributed by atoms with E-state index in [-0.39, 0.29) is 17.5 Å². The normalized spacial score (nSPS) is 10.3. The molecule has 5 heteroatoms. The number of nitrogens with one attached hydrogen (secondary N) is 2. The van der Waals surface area contributed by atoms with E-state index in [0.29, 0.717) is 17.8 Å². The third kappa shape index (κ3) is 5.51. The van der Waals surface area contributed by atoms with Gasteiger partial charge in [-0.05, 0) is 49.6 Å². The lowest BCUT2D eigenvalue weighted by atomic mass is 10.1. The molecule has 2 aromatic carbocycles. The second-order valence-corrected chi connectivity index (χ2v) is 6.59. The van der Waals surface area contributed by atoms with Crippen molar-refractivity contribution in [2.45, 2.75) is 19.8 Å². The monoisotopic (exact) mass is 373 g/mol. The van der Waals surface area contributed by atoms with E-state index < -0.39 is 0 Å². The zero-order chi connectivity index (χ0) is 19.8. The Morgan fingerprint density at radius 1 is 0.929 bits per heavy atom. The molecule has 0 unspecified atom stereocenters. The molecule has 0 fully saturated rings. The molecular weight excluding hydrogens is 350 g/mol. The maximum absolute atomic E-state index is 12.4. The fourth-order valence-electron chi connectivity index (χ4n) is 2.77. The molecule has 0 saturated carbocycles. The largest absolute Gasteiger partial charge is 0.351 e. The molecular formula is C23H23N3O2. The quantitative estimate of drug-likeness (QED) is 0.615. The molecule has 2 N–H and O–H groups in total. The Labute approximate surface area is 164 Å². The molecule has 0 radical (unpaired) electrons. The first-order valence-corrected chi connectivity index (χ1v) is 9.28. The van der Waals surface area contributed by atoms with Gasteiger partial charge in [-0.25, -0.2) is 0 Å². The molecule has 1 aromatic heterocycles. The standard InChI is InChI=1S/C23H23N3O2/c1-17-9-11-20(12-10-17)26-22(27)19-13-15-24-21(16-19)23(28)25-14-5-8-18-6-3-2-4-7-18/h2-4,6-7,9-13,15-16H,5,8,14H2,1H3,(H,25,28)(H,26,27). The minimum absolute atomic E-state index is 0.233. The van der Waals surface area contributed by atoms with Crippen molar-refractivity contribution < 1.29 is 9.59 Å². The predicted octanol–water partition coefficient (Wildman–Crippen LogP) is 4.00. The van der Waals surface area contributed by atoms with E-state index in [1.807, 2.05) is 49.4 Å². The average molecular weight is 373 g/mol. The number of carbonyl (C=O) groups is 2. The molecule has 0 spiro atoms. The van der Waals surface area contributed by atoms with Crippen LogP contribution in [0.15, 0.2) is 72.9 Å². The number of hydrogen-bond acceptors (Lipinski definition) is 3. The van der Waals surface area contributed by atoms with E-state index in [9.17, 15) is 9.59 Å². The first-order valence-electron chi connectivity index (χ1n) is 9.28. The van der Waals surface area contributed by atoms with Crippen molar-refractivity contribution in [1.82, 2.24) is 10.3 Å². The first-order chi connectivity index (χ1) is 13.6. The Morgan fingerprint density at radius 3 is 2.43 bits per heavy atom. The van der Waals surface area contributed by atoms with Gasteiger partial charge < -0.3 is 10.6 Å². The highest BCUT2D eigenvalue weighted by Gasteiger charge is 2.12. The number of carbonyl (C=O) groups excluding carboxylic acids is 2. The molecule has 142 valence electrons. The number of aryl methyl sites for hydroxylation is 2. The Balaban J connectivity index is 1.53. The summed E-state index contributed by atoms with van der Waals surface area (Å²) in [5, 5.41) is 5.68. The summed E-state index contributed by atoms with van der Waals surface area (Å²) in [6.07, 6.45) is 3.21. The summed E-state index contributed by atoms with van der Waals surface area (Å²) in [6.45, 7) is 2.54. The van der Waals surface area contributed by atoms with Gasteiger partial charge in [-0.15, -0.1) is 0 Å². The Kier molecular flexibility index (Phi) is 6.52. The van der Waals surface area contributed by atoms with Crippen LogP contribution < -0.4 is 10.6 Å². The van der Waals surface area contributed by atoms with Crippen LogP contribution in [0.25, 0.3) is 0 Å². The molecule has 0 aliphatic rings. The molecule has 5 nitrogen and oxygen atoms in total. The van der Waals surface area contributed by atoms with E-state index in [1.165, 1.54) is 17.8 Å². The Hall–Kier alpha value is -3.47. The van der Waals surface area contributed by atoms with Crippen LogP contribution in [0.2, 0.25) is 0 Å². The van der Waals surface area contributed by atoms with Gasteiger partial charge in [-0.3, -0.25) is 14.6 Å². The van der Waals surface area contributed by atoms with Gasteiger partial charge in [0, 0.05) is 24.0 Å². The van der Waals surface area contributed by atoms with Crippen LogP contribution in [0.4, 0.5) is 5.69 Å². The average Bonchev–Trinajstić information content (AvgIpc) is 2.73. The van der Waals surface area contributed by atoms with Crippen molar-refractivity contribution in [3.05, 3.63) is 95.3 Å². The molecule has 3 rings (SSSR count). The number of pyridine rings is 1. The number of aromatic nitrogens is 1. The third-order valence-corrected chi connectivity index (χ3v) is 4.33. The summed E-state index contributed by atoms with van der Waals surface area (Å²) in [4.78, 5) is 28.8. The van der Waals surface area contributed by atoms with Gasteiger partial charge in [-0.1, -0.05) is 48.0 Å². The van der Waals surface area contributed by atoms with Crippen molar-refractivity contribution in [3.63, 3.8) is 0 Å². The zero-order valence-corrected chi connectivity index (χ0v) is 15.8. The Bertz CT molecular complexity index is 938. The fraction of sp³-hybridized carbons (Fsp3) is 0.174. The van der Waals surface area contributed by atoms with Gasteiger partial charge in [0.1, 0.15) is 5.69 Å². The van der Waals surface area contributed by atoms with Crippen molar-refractivity contribution in [2.75, 3.05) is 11.9 Å². The summed E-state index contributed by atoms with van der Waals surface area (Å²) in [5.74, 6) is -0.553. The molecule has 0 aliphatic heterocycles. The van der Waals surface area contributed by atoms with Crippen molar-refractivity contribution in [2.24, 2.45) is 0 Å². The number of anilines is 1. The van der Waals surface area contributed by atoms with Gasteiger partial charge in [-0.2, -0.15) is 0 Å². The molecule has 1 heterocycles. The highest BCUT2D eigenvalue weighted by molar-refractivity contribution is 6.05. The van der Waals surface area contributed by atoms with Crippen LogP contribution in [-0.2, 0) is 6.42 Å². The van der Waals surface area contributed by atoms with E-state index in [0.717, 1.165) is 18.4 Å². The maximum Gasteiger partial charge on any atom is 0.269 e. The third-order valence-electron chi connectivity index (χ3n) is 4.33. The highest BCUT2D eigenvalue weighted by atomic mass is 16.2. The summed E-state index contributed by atoms with van der Waals surface area (Å²) in [7, 11) is 0. The minimum Gasteiger partial charge on any atom is -0.351 e. The smallest absolute Gasteiger partial charge is 0.269 e. The highest BCUT2D eigenvalue weighted by Crippen LogP contribution is 2.11. The van der Waals surface area contributed by atoms with Gasteiger partial charge >= 0.3 is 0 Å². The maximum atomic E-state index is 12.4. The topological polar surface area (TPSA) is 71.1 Å². The molecule has 2 amide bonds. The molecule has 28 heavy (non-hydrogen) atoms. The number of amides is 2. The van der Waals surface area contributed by atoms with Crippen LogP contribution in [0.1, 0.15) is 38.4 Å². The van der Waals surface area contributed by atoms with Crippen LogP contribution in [0.5, 0.6) is 0 Å². The van der Waals surface area contributed by atoms with E-state index in [2.05, 4.69) is 27.8 Å². The minimum atomic E-state index is -0.280. The zero-order valence-electron chi connectivity index (χ0n) is 15.8. The lowest BCUT2D eigenvalue weighted by Crippen LogP contribution is -2.26. The fourth-order valence-corrected chi connectivity index (χ4v) is 2.77. The van der Waals surface area contributed by atoms with Crippen molar-refractivity contribution >= 4 is 17.5 Å². The molecule has 3 aromatic rings. The summed E-state index contributed by atoms with van der Waals surface area (Å²) >= 11 is 0. The van der Waals surface area contributed by atoms with E-state index in [1.54, 1.807) is 6.07 Å². The van der Waals surface area contributed by atoms with E-state index >= 15 is 0 Å². The lowest BCUT2D eigenvalue weighted by Gasteiger charge is -2.08. The van der Waals surface area contributed by atoms with Crippen LogP contribution in [0, 0.1) is 6.92 Å². The first kappa shape index (κ1) is 19.3. The number of benzene rings is 2. The van der Waals surface area contributed by atoms with Gasteiger partial charge in [0.25, 0.3) is 11.8 Å². The second-order valence-electron chi connectivity index (χ2n) is 6.59. The summed E-state index contributed by atoms with van der Waals surface area (Å²) in [5.41, 5.74) is 3.69. The number of nitrogens with zero attached hydrogens (tertiary/aromatic N) is 1. The molecule has 0 saturated heterocycles. The summed E-state index contributed by atoms with van der Waals surface area (Å²) in [6, 6.07) is 20.8. The van der Waals surface area contributed by atoms with Gasteiger partial charge in [0.05, 0.1) is 0 Å². The van der Waals surface area contributed by atoms with E-state index in [4.69, 9.17) is 0 Å². The lowest BCUT2D eigenvalue weighted by molar-refractivity contribution is 0.0948. The van der Waals surface area contributed by atoms with Crippen LogP contribution in [-0.4, -0.2) is 23.3 Å². The predicted molar refractivity (Wildman–Crippen MR) is 110 cm³/mol. The Morgan fingerprint density at radius 2 is 1.68 bits per heavy atom. The number of hydrogen-bond donors (Lipinski definition) is 2. The molecule has 0 bridgehead atoms. The van der Waals surface area contributed by atoms with Crippen LogP contribution in [0.3, 0.4) is 0 Å². The summed E-state index contributed by atoms with van der Waals surface area (Å²) < 4.78 is 0. The second kappa shape index (κ2) is 9.46.